The lowest BCUT2D eigenvalue weighted by molar-refractivity contribution is 0.560. The van der Waals surface area contributed by atoms with Crippen molar-refractivity contribution in [2.24, 2.45) is 5.73 Å². The predicted octanol–water partition coefficient (Wildman–Crippen LogP) is 1.22. The summed E-state index contributed by atoms with van der Waals surface area (Å²) in [5, 5.41) is 0. The van der Waals surface area contributed by atoms with E-state index in [0.29, 0.717) is 17.0 Å². The molecular formula is C13H16N4O2S2. The van der Waals surface area contributed by atoms with E-state index in [1.807, 2.05) is 0 Å². The third-order valence-electron chi connectivity index (χ3n) is 2.85. The quantitative estimate of drug-likeness (QED) is 0.694. The molecular weight excluding hydrogens is 308 g/mol. The predicted molar refractivity (Wildman–Crippen MR) is 85.1 cm³/mol. The Hall–Kier alpha value is -1.77. The highest BCUT2D eigenvalue weighted by atomic mass is 32.2. The van der Waals surface area contributed by atoms with Crippen LogP contribution in [-0.2, 0) is 15.8 Å². The molecule has 0 bridgehead atoms. The van der Waals surface area contributed by atoms with Gasteiger partial charge in [-0.2, -0.15) is 0 Å². The first-order chi connectivity index (χ1) is 9.87. The van der Waals surface area contributed by atoms with Crippen molar-refractivity contribution in [1.82, 2.24) is 14.7 Å². The normalized spacial score (nSPS) is 13.0. The van der Waals surface area contributed by atoms with Crippen LogP contribution < -0.4 is 10.5 Å². The first kappa shape index (κ1) is 15.6. The molecule has 112 valence electrons. The van der Waals surface area contributed by atoms with Gasteiger partial charge in [0.05, 0.1) is 11.8 Å². The second-order valence-electron chi connectivity index (χ2n) is 4.64. The van der Waals surface area contributed by atoms with E-state index >= 15 is 0 Å². The van der Waals surface area contributed by atoms with Crippen LogP contribution in [0.1, 0.15) is 29.9 Å². The number of imidazole rings is 1. The van der Waals surface area contributed by atoms with Gasteiger partial charge in [-0.15, -0.1) is 0 Å². The van der Waals surface area contributed by atoms with Crippen molar-refractivity contribution >= 4 is 27.2 Å². The Morgan fingerprint density at radius 3 is 2.90 bits per heavy atom. The maximum Gasteiger partial charge on any atom is 0.216 e. The van der Waals surface area contributed by atoms with Gasteiger partial charge < -0.3 is 10.7 Å². The smallest absolute Gasteiger partial charge is 0.216 e. The molecule has 2 rings (SSSR count). The topological polar surface area (TPSA) is 101 Å². The highest BCUT2D eigenvalue weighted by Crippen LogP contribution is 2.12. The summed E-state index contributed by atoms with van der Waals surface area (Å²) in [6.45, 7) is 1.72. The zero-order valence-corrected chi connectivity index (χ0v) is 13.0. The SMILES string of the molecule is CC(NS(=O)(=O)Cc1cccc(C(N)=S)c1)c1ncc[nH]1. The van der Waals surface area contributed by atoms with Gasteiger partial charge in [-0.25, -0.2) is 18.1 Å². The van der Waals surface area contributed by atoms with Crippen LogP contribution in [-0.4, -0.2) is 23.4 Å². The van der Waals surface area contributed by atoms with Crippen molar-refractivity contribution in [3.05, 3.63) is 53.6 Å². The number of aromatic nitrogens is 2. The largest absolute Gasteiger partial charge is 0.389 e. The van der Waals surface area contributed by atoms with Crippen molar-refractivity contribution in [2.45, 2.75) is 18.7 Å². The third-order valence-corrected chi connectivity index (χ3v) is 4.52. The lowest BCUT2D eigenvalue weighted by atomic mass is 10.1. The Morgan fingerprint density at radius 1 is 1.52 bits per heavy atom. The fourth-order valence-corrected chi connectivity index (χ4v) is 3.39. The van der Waals surface area contributed by atoms with Crippen LogP contribution >= 0.6 is 12.2 Å². The summed E-state index contributed by atoms with van der Waals surface area (Å²) >= 11 is 4.89. The van der Waals surface area contributed by atoms with Gasteiger partial charge in [0.1, 0.15) is 10.8 Å². The Bertz CT molecular complexity index is 726. The minimum absolute atomic E-state index is 0.144. The number of aromatic amines is 1. The van der Waals surface area contributed by atoms with Gasteiger partial charge in [-0.3, -0.25) is 0 Å². The minimum atomic E-state index is -3.50. The molecule has 4 N–H and O–H groups in total. The fourth-order valence-electron chi connectivity index (χ4n) is 1.91. The third kappa shape index (κ3) is 4.35. The van der Waals surface area contributed by atoms with Crippen LogP contribution in [0.3, 0.4) is 0 Å². The molecule has 0 aliphatic heterocycles. The van der Waals surface area contributed by atoms with E-state index in [0.717, 1.165) is 0 Å². The monoisotopic (exact) mass is 324 g/mol. The average Bonchev–Trinajstić information content (AvgIpc) is 2.91. The summed E-state index contributed by atoms with van der Waals surface area (Å²) in [5.41, 5.74) is 6.82. The molecule has 1 heterocycles. The van der Waals surface area contributed by atoms with E-state index in [1.54, 1.807) is 43.6 Å². The molecule has 8 heteroatoms. The zero-order valence-electron chi connectivity index (χ0n) is 11.4. The van der Waals surface area contributed by atoms with Gasteiger partial charge in [0.25, 0.3) is 0 Å². The Kier molecular flexibility index (Phi) is 4.71. The van der Waals surface area contributed by atoms with Crippen LogP contribution in [0.15, 0.2) is 36.7 Å². The summed E-state index contributed by atoms with van der Waals surface area (Å²) < 4.78 is 26.9. The maximum absolute atomic E-state index is 12.2. The van der Waals surface area contributed by atoms with Crippen molar-refractivity contribution in [2.75, 3.05) is 0 Å². The molecule has 6 nitrogen and oxygen atoms in total. The summed E-state index contributed by atoms with van der Waals surface area (Å²) in [6, 6.07) is 6.45. The van der Waals surface area contributed by atoms with Gasteiger partial charge >= 0.3 is 0 Å². The maximum atomic E-state index is 12.2. The van der Waals surface area contributed by atoms with Crippen LogP contribution in [0.5, 0.6) is 0 Å². The first-order valence-electron chi connectivity index (χ1n) is 6.25. The molecule has 0 radical (unpaired) electrons. The molecule has 1 atom stereocenters. The van der Waals surface area contributed by atoms with Crippen molar-refractivity contribution in [1.29, 1.82) is 0 Å². The van der Waals surface area contributed by atoms with Gasteiger partial charge in [0.15, 0.2) is 0 Å². The van der Waals surface area contributed by atoms with Gasteiger partial charge in [-0.05, 0) is 18.6 Å². The molecule has 0 aliphatic rings. The van der Waals surface area contributed by atoms with Crippen LogP contribution in [0.2, 0.25) is 0 Å². The van der Waals surface area contributed by atoms with E-state index in [2.05, 4.69) is 14.7 Å². The summed E-state index contributed by atoms with van der Waals surface area (Å²) in [4.78, 5) is 7.15. The van der Waals surface area contributed by atoms with E-state index < -0.39 is 16.1 Å². The number of nitrogens with two attached hydrogens (primary N) is 1. The molecule has 0 fully saturated rings. The highest BCUT2D eigenvalue weighted by Gasteiger charge is 2.18. The molecule has 2 aromatic rings. The second-order valence-corrected chi connectivity index (χ2v) is 6.83. The summed E-state index contributed by atoms with van der Waals surface area (Å²) in [6.07, 6.45) is 3.22. The van der Waals surface area contributed by atoms with Crippen molar-refractivity contribution in [3.63, 3.8) is 0 Å². The molecule has 1 aromatic carbocycles. The number of nitrogens with zero attached hydrogens (tertiary/aromatic N) is 1. The minimum Gasteiger partial charge on any atom is -0.389 e. The molecule has 0 saturated carbocycles. The van der Waals surface area contributed by atoms with E-state index in [-0.39, 0.29) is 10.7 Å². The zero-order chi connectivity index (χ0) is 15.5. The Labute approximate surface area is 128 Å². The van der Waals surface area contributed by atoms with E-state index in [1.165, 1.54) is 0 Å². The van der Waals surface area contributed by atoms with Crippen LogP contribution in [0, 0.1) is 0 Å². The van der Waals surface area contributed by atoms with E-state index in [4.69, 9.17) is 18.0 Å². The van der Waals surface area contributed by atoms with Gasteiger partial charge in [0.2, 0.25) is 10.0 Å². The van der Waals surface area contributed by atoms with Crippen molar-refractivity contribution in [3.8, 4) is 0 Å². The van der Waals surface area contributed by atoms with Crippen molar-refractivity contribution < 1.29 is 8.42 Å². The summed E-state index contributed by atoms with van der Waals surface area (Å²) in [5.74, 6) is 0.421. The lowest BCUT2D eigenvalue weighted by Gasteiger charge is -2.12. The van der Waals surface area contributed by atoms with Crippen LogP contribution in [0.25, 0.3) is 0 Å². The standard InChI is InChI=1S/C13H16N4O2S2/c1-9(13-15-5-6-16-13)17-21(18,19)8-10-3-2-4-11(7-10)12(14)20/h2-7,9,17H,8H2,1H3,(H2,14,20)(H,15,16). The van der Waals surface area contributed by atoms with Crippen LogP contribution in [0.4, 0.5) is 0 Å². The summed E-state index contributed by atoms with van der Waals surface area (Å²) in [7, 11) is -3.50. The molecule has 0 aliphatic carbocycles. The van der Waals surface area contributed by atoms with Gasteiger partial charge in [-0.1, -0.05) is 30.4 Å². The van der Waals surface area contributed by atoms with E-state index in [9.17, 15) is 8.42 Å². The molecule has 1 aromatic heterocycles. The first-order valence-corrected chi connectivity index (χ1v) is 8.31. The Balaban J connectivity index is 2.10. The number of nitrogens with one attached hydrogen (secondary N) is 2. The number of rotatable bonds is 6. The molecule has 1 unspecified atom stereocenters. The Morgan fingerprint density at radius 2 is 2.29 bits per heavy atom. The molecule has 0 spiro atoms. The number of benzene rings is 1. The fraction of sp³-hybridized carbons (Fsp3) is 0.231. The number of H-pyrrole nitrogens is 1. The average molecular weight is 324 g/mol. The molecule has 0 amide bonds. The van der Waals surface area contributed by atoms with Gasteiger partial charge in [0, 0.05) is 18.0 Å². The number of thiocarbonyl (C=S) groups is 1. The lowest BCUT2D eigenvalue weighted by Crippen LogP contribution is -2.28. The number of sulfonamides is 1. The second kappa shape index (κ2) is 6.33. The highest BCUT2D eigenvalue weighted by molar-refractivity contribution is 7.88. The number of hydrogen-bond acceptors (Lipinski definition) is 4. The number of hydrogen-bond donors (Lipinski definition) is 3. The molecule has 0 saturated heterocycles. The molecule has 21 heavy (non-hydrogen) atoms.